The largest absolute Gasteiger partial charge is 0.0622 e. The Morgan fingerprint density at radius 2 is 1.28 bits per heavy atom. The molecule has 25 heavy (non-hydrogen) atoms. The van der Waals surface area contributed by atoms with Crippen molar-refractivity contribution in [3.63, 3.8) is 0 Å². The zero-order valence-corrected chi connectivity index (χ0v) is 16.5. The molecule has 0 radical (unpaired) electrons. The van der Waals surface area contributed by atoms with Gasteiger partial charge in [0, 0.05) is 4.47 Å². The second-order valence-corrected chi connectivity index (χ2v) is 8.22. The zero-order valence-electron chi connectivity index (χ0n) is 15.0. The van der Waals surface area contributed by atoms with E-state index in [0.29, 0.717) is 0 Å². The van der Waals surface area contributed by atoms with Crippen LogP contribution in [0.25, 0.3) is 11.6 Å². The van der Waals surface area contributed by atoms with Gasteiger partial charge in [0.25, 0.3) is 0 Å². The van der Waals surface area contributed by atoms with E-state index in [4.69, 9.17) is 0 Å². The topological polar surface area (TPSA) is 0 Å². The molecule has 0 unspecified atom stereocenters. The Balaban J connectivity index is 2.05. The monoisotopic (exact) mass is 390 g/mol. The van der Waals surface area contributed by atoms with Gasteiger partial charge in [0.05, 0.1) is 0 Å². The third-order valence-electron chi connectivity index (χ3n) is 4.33. The Morgan fingerprint density at radius 3 is 1.84 bits per heavy atom. The summed E-state index contributed by atoms with van der Waals surface area (Å²) >= 11 is 3.52. The van der Waals surface area contributed by atoms with Gasteiger partial charge in [-0.3, -0.25) is 0 Å². The molecule has 0 aromatic heterocycles. The highest BCUT2D eigenvalue weighted by molar-refractivity contribution is 9.10. The Hall–Kier alpha value is -2.12. The molecule has 0 atom stereocenters. The van der Waals surface area contributed by atoms with Gasteiger partial charge in [0.15, 0.2) is 0 Å². The van der Waals surface area contributed by atoms with E-state index < -0.39 is 0 Å². The maximum Gasteiger partial charge on any atom is 0.0175 e. The number of hydrogen-bond donors (Lipinski definition) is 0. The lowest BCUT2D eigenvalue weighted by molar-refractivity contribution is 0.590. The first-order valence-corrected chi connectivity index (χ1v) is 9.36. The minimum atomic E-state index is 0.177. The Morgan fingerprint density at radius 1 is 0.720 bits per heavy atom. The van der Waals surface area contributed by atoms with Crippen LogP contribution in [-0.2, 0) is 5.41 Å². The highest BCUT2D eigenvalue weighted by Crippen LogP contribution is 2.28. The van der Waals surface area contributed by atoms with E-state index in [0.717, 1.165) is 4.47 Å². The summed E-state index contributed by atoms with van der Waals surface area (Å²) in [6.07, 6.45) is 2.27. The molecular formula is C24H23Br. The zero-order chi connectivity index (χ0) is 17.9. The predicted octanol–water partition coefficient (Wildman–Crippen LogP) is 7.34. The van der Waals surface area contributed by atoms with E-state index >= 15 is 0 Å². The van der Waals surface area contributed by atoms with Crippen LogP contribution in [0, 0.1) is 0 Å². The minimum absolute atomic E-state index is 0.177. The van der Waals surface area contributed by atoms with Crippen LogP contribution in [0.3, 0.4) is 0 Å². The maximum absolute atomic E-state index is 3.52. The molecule has 0 bridgehead atoms. The summed E-state index contributed by atoms with van der Waals surface area (Å²) in [5, 5.41) is 0. The van der Waals surface area contributed by atoms with Gasteiger partial charge in [-0.2, -0.15) is 0 Å². The Labute approximate surface area is 159 Å². The van der Waals surface area contributed by atoms with Gasteiger partial charge in [-0.25, -0.2) is 0 Å². The molecule has 0 saturated carbocycles. The predicted molar refractivity (Wildman–Crippen MR) is 113 cm³/mol. The van der Waals surface area contributed by atoms with Gasteiger partial charge in [0.2, 0.25) is 0 Å². The summed E-state index contributed by atoms with van der Waals surface area (Å²) in [6, 6.07) is 27.9. The van der Waals surface area contributed by atoms with Crippen molar-refractivity contribution in [1.29, 1.82) is 0 Å². The molecule has 1 heteroatoms. The van der Waals surface area contributed by atoms with Crippen LogP contribution < -0.4 is 0 Å². The average molecular weight is 391 g/mol. The smallest absolute Gasteiger partial charge is 0.0175 e. The molecule has 0 aliphatic carbocycles. The van der Waals surface area contributed by atoms with Gasteiger partial charge in [-0.15, -0.1) is 0 Å². The molecule has 0 aliphatic heterocycles. The SMILES string of the molecule is CC(C)(C)c1ccc(C=C(c2ccccc2)c2ccc(Br)cc2)cc1. The highest BCUT2D eigenvalue weighted by Gasteiger charge is 2.13. The third-order valence-corrected chi connectivity index (χ3v) is 4.86. The van der Waals surface area contributed by atoms with Crippen LogP contribution in [0.15, 0.2) is 83.3 Å². The van der Waals surface area contributed by atoms with E-state index in [1.807, 2.05) is 0 Å². The normalized spacial score (nSPS) is 12.2. The minimum Gasteiger partial charge on any atom is -0.0622 e. The summed E-state index contributed by atoms with van der Waals surface area (Å²) < 4.78 is 1.10. The van der Waals surface area contributed by atoms with Crippen LogP contribution in [0.2, 0.25) is 0 Å². The third kappa shape index (κ3) is 4.49. The fourth-order valence-corrected chi connectivity index (χ4v) is 3.09. The average Bonchev–Trinajstić information content (AvgIpc) is 2.61. The van der Waals surface area contributed by atoms with Gasteiger partial charge in [0.1, 0.15) is 0 Å². The number of hydrogen-bond acceptors (Lipinski definition) is 0. The second-order valence-electron chi connectivity index (χ2n) is 7.30. The lowest BCUT2D eigenvalue weighted by Crippen LogP contribution is -2.10. The van der Waals surface area contributed by atoms with Crippen LogP contribution >= 0.6 is 15.9 Å². The second kappa shape index (κ2) is 7.41. The number of rotatable bonds is 3. The Bertz CT molecular complexity index is 849. The molecule has 0 fully saturated rings. The summed E-state index contributed by atoms with van der Waals surface area (Å²) in [5.74, 6) is 0. The first-order valence-electron chi connectivity index (χ1n) is 8.57. The first kappa shape index (κ1) is 17.7. The van der Waals surface area contributed by atoms with Crippen LogP contribution in [0.1, 0.15) is 43.0 Å². The van der Waals surface area contributed by atoms with Crippen LogP contribution in [0.5, 0.6) is 0 Å². The molecule has 3 aromatic carbocycles. The van der Waals surface area contributed by atoms with Gasteiger partial charge in [-0.1, -0.05) is 103 Å². The number of benzene rings is 3. The molecule has 0 spiro atoms. The molecule has 3 aromatic rings. The quantitative estimate of drug-likeness (QED) is 0.410. The number of halogens is 1. The van der Waals surface area contributed by atoms with Gasteiger partial charge < -0.3 is 0 Å². The molecular weight excluding hydrogens is 368 g/mol. The molecule has 3 rings (SSSR count). The molecule has 0 aliphatic rings. The van der Waals surface area contributed by atoms with E-state index in [-0.39, 0.29) is 5.41 Å². The van der Waals surface area contributed by atoms with Crippen molar-refractivity contribution in [2.75, 3.05) is 0 Å². The van der Waals surface area contributed by atoms with Crippen molar-refractivity contribution in [2.45, 2.75) is 26.2 Å². The van der Waals surface area contributed by atoms with Crippen LogP contribution in [0.4, 0.5) is 0 Å². The van der Waals surface area contributed by atoms with Gasteiger partial charge >= 0.3 is 0 Å². The molecule has 0 amide bonds. The maximum atomic E-state index is 3.52. The summed E-state index contributed by atoms with van der Waals surface area (Å²) in [4.78, 5) is 0. The van der Waals surface area contributed by atoms with Gasteiger partial charge in [-0.05, 0) is 51.5 Å². The van der Waals surface area contributed by atoms with E-state index in [1.165, 1.54) is 27.8 Å². The molecule has 0 saturated heterocycles. The lowest BCUT2D eigenvalue weighted by Gasteiger charge is -2.19. The summed E-state index contributed by atoms with van der Waals surface area (Å²) in [7, 11) is 0. The van der Waals surface area contributed by atoms with Crippen molar-refractivity contribution in [2.24, 2.45) is 0 Å². The first-order chi connectivity index (χ1) is 11.9. The standard InChI is InChI=1S/C24H23Br/c1-24(2,3)21-13-9-18(10-14-21)17-23(19-7-5-4-6-8-19)20-11-15-22(25)16-12-20/h4-17H,1-3H3. The van der Waals surface area contributed by atoms with E-state index in [2.05, 4.69) is 122 Å². The lowest BCUT2D eigenvalue weighted by atomic mass is 9.86. The molecule has 0 nitrogen and oxygen atoms in total. The molecule has 126 valence electrons. The fraction of sp³-hybridized carbons (Fsp3) is 0.167. The van der Waals surface area contributed by atoms with Crippen LogP contribution in [-0.4, -0.2) is 0 Å². The van der Waals surface area contributed by atoms with Crippen molar-refractivity contribution in [3.8, 4) is 0 Å². The van der Waals surface area contributed by atoms with Crippen molar-refractivity contribution < 1.29 is 0 Å². The van der Waals surface area contributed by atoms with E-state index in [9.17, 15) is 0 Å². The molecule has 0 N–H and O–H groups in total. The van der Waals surface area contributed by atoms with Crippen molar-refractivity contribution >= 4 is 27.6 Å². The summed E-state index contributed by atoms with van der Waals surface area (Å²) in [6.45, 7) is 6.74. The molecule has 0 heterocycles. The highest BCUT2D eigenvalue weighted by atomic mass is 79.9. The van der Waals surface area contributed by atoms with Crippen molar-refractivity contribution in [3.05, 3.63) is 106 Å². The fourth-order valence-electron chi connectivity index (χ4n) is 2.83. The van der Waals surface area contributed by atoms with Crippen molar-refractivity contribution in [1.82, 2.24) is 0 Å². The summed E-state index contributed by atoms with van der Waals surface area (Å²) in [5.41, 5.74) is 6.43. The van der Waals surface area contributed by atoms with E-state index in [1.54, 1.807) is 0 Å². The Kier molecular flexibility index (Phi) is 5.24.